The van der Waals surface area contributed by atoms with Gasteiger partial charge in [-0.15, -0.1) is 0 Å². The highest BCUT2D eigenvalue weighted by Gasteiger charge is 2.37. The highest BCUT2D eigenvalue weighted by atomic mass is 28.4. The van der Waals surface area contributed by atoms with E-state index in [1.807, 2.05) is 19.9 Å². The van der Waals surface area contributed by atoms with Crippen LogP contribution in [0.15, 0.2) is 12.2 Å². The molecule has 0 N–H and O–H groups in total. The monoisotopic (exact) mass is 286 g/mol. The molecule has 112 valence electrons. The van der Waals surface area contributed by atoms with Crippen molar-refractivity contribution >= 4 is 8.32 Å². The molecule has 0 saturated carbocycles. The van der Waals surface area contributed by atoms with Crippen LogP contribution in [0.1, 0.15) is 41.0 Å². The molecule has 0 unspecified atom stereocenters. The van der Waals surface area contributed by atoms with Gasteiger partial charge < -0.3 is 13.9 Å². The third-order valence-electron chi connectivity index (χ3n) is 3.86. The van der Waals surface area contributed by atoms with Gasteiger partial charge in [-0.2, -0.15) is 0 Å². The van der Waals surface area contributed by atoms with Gasteiger partial charge in [-0.05, 0) is 44.5 Å². The van der Waals surface area contributed by atoms with Crippen molar-refractivity contribution in [2.24, 2.45) is 0 Å². The standard InChI is InChI=1S/C15H30O3Si/c1-12(2)17-14-10-8-9-13(18-14)11-16-19(6,7)15(3,4)5/h8,10,12-14H,9,11H2,1-7H3/t13-,14-/m1/s1. The second-order valence-corrected chi connectivity index (χ2v) is 11.9. The molecule has 0 aromatic heterocycles. The fraction of sp³-hybridized carbons (Fsp3) is 0.867. The Kier molecular flexibility index (Phi) is 5.80. The van der Waals surface area contributed by atoms with E-state index in [1.165, 1.54) is 0 Å². The summed E-state index contributed by atoms with van der Waals surface area (Å²) in [6, 6.07) is 0. The summed E-state index contributed by atoms with van der Waals surface area (Å²) in [7, 11) is -1.69. The zero-order valence-corrected chi connectivity index (χ0v) is 14.5. The lowest BCUT2D eigenvalue weighted by atomic mass is 10.2. The van der Waals surface area contributed by atoms with Crippen molar-refractivity contribution in [2.75, 3.05) is 6.61 Å². The summed E-state index contributed by atoms with van der Waals surface area (Å²) < 4.78 is 17.8. The van der Waals surface area contributed by atoms with Gasteiger partial charge in [0.2, 0.25) is 0 Å². The maximum Gasteiger partial charge on any atom is 0.192 e. The van der Waals surface area contributed by atoms with Crippen molar-refractivity contribution in [2.45, 2.75) is 77.7 Å². The molecule has 0 fully saturated rings. The molecule has 0 amide bonds. The zero-order chi connectivity index (χ0) is 14.7. The molecule has 2 atom stereocenters. The summed E-state index contributed by atoms with van der Waals surface area (Å²) in [4.78, 5) is 0. The van der Waals surface area contributed by atoms with Gasteiger partial charge in [0, 0.05) is 0 Å². The molecule has 0 spiro atoms. The fourth-order valence-corrected chi connectivity index (χ4v) is 2.64. The van der Waals surface area contributed by atoms with Crippen molar-refractivity contribution in [1.29, 1.82) is 0 Å². The summed E-state index contributed by atoms with van der Waals surface area (Å²) in [6.07, 6.45) is 5.10. The first-order valence-corrected chi connectivity index (χ1v) is 10.1. The summed E-state index contributed by atoms with van der Waals surface area (Å²) >= 11 is 0. The van der Waals surface area contributed by atoms with Crippen LogP contribution >= 0.6 is 0 Å². The van der Waals surface area contributed by atoms with Gasteiger partial charge in [0.25, 0.3) is 0 Å². The minimum absolute atomic E-state index is 0.114. The Labute approximate surface area is 119 Å². The Morgan fingerprint density at radius 1 is 1.32 bits per heavy atom. The number of hydrogen-bond donors (Lipinski definition) is 0. The average molecular weight is 286 g/mol. The molecule has 0 saturated heterocycles. The van der Waals surface area contributed by atoms with E-state index in [4.69, 9.17) is 13.9 Å². The maximum atomic E-state index is 6.21. The first-order valence-electron chi connectivity index (χ1n) is 7.23. The van der Waals surface area contributed by atoms with Gasteiger partial charge in [-0.25, -0.2) is 0 Å². The van der Waals surface area contributed by atoms with Gasteiger partial charge in [-0.1, -0.05) is 26.8 Å². The minimum atomic E-state index is -1.69. The molecule has 1 aliphatic rings. The molecule has 0 aromatic rings. The molecule has 0 bridgehead atoms. The van der Waals surface area contributed by atoms with Crippen LogP contribution in [0, 0.1) is 0 Å². The van der Waals surface area contributed by atoms with Crippen molar-refractivity contribution in [3.05, 3.63) is 12.2 Å². The fourth-order valence-electron chi connectivity index (χ4n) is 1.60. The molecule has 1 heterocycles. The molecule has 0 aliphatic carbocycles. The SMILES string of the molecule is CC(C)O[C@H]1C=CC[C@H](CO[Si](C)(C)C(C)(C)C)O1. The van der Waals surface area contributed by atoms with Gasteiger partial charge in [0.15, 0.2) is 14.6 Å². The van der Waals surface area contributed by atoms with Crippen molar-refractivity contribution in [3.63, 3.8) is 0 Å². The van der Waals surface area contributed by atoms with Crippen LogP contribution in [-0.4, -0.2) is 33.4 Å². The van der Waals surface area contributed by atoms with Gasteiger partial charge in [0.05, 0.1) is 18.8 Å². The van der Waals surface area contributed by atoms with Crippen LogP contribution in [0.3, 0.4) is 0 Å². The van der Waals surface area contributed by atoms with Crippen LogP contribution in [0.5, 0.6) is 0 Å². The predicted molar refractivity (Wildman–Crippen MR) is 81.8 cm³/mol. The largest absolute Gasteiger partial charge is 0.414 e. The lowest BCUT2D eigenvalue weighted by molar-refractivity contribution is -0.171. The predicted octanol–water partition coefficient (Wildman–Crippen LogP) is 4.10. The van der Waals surface area contributed by atoms with Crippen molar-refractivity contribution < 1.29 is 13.9 Å². The third kappa shape index (κ3) is 5.38. The lowest BCUT2D eigenvalue weighted by Crippen LogP contribution is -2.43. The molecular weight excluding hydrogens is 256 g/mol. The van der Waals surface area contributed by atoms with E-state index in [0.29, 0.717) is 6.61 Å². The Hall–Kier alpha value is -0.163. The van der Waals surface area contributed by atoms with Gasteiger partial charge >= 0.3 is 0 Å². The number of hydrogen-bond acceptors (Lipinski definition) is 3. The van der Waals surface area contributed by atoms with Crippen LogP contribution in [-0.2, 0) is 13.9 Å². The Morgan fingerprint density at radius 3 is 2.47 bits per heavy atom. The molecule has 0 aromatic carbocycles. The molecule has 4 heteroatoms. The highest BCUT2D eigenvalue weighted by Crippen LogP contribution is 2.36. The smallest absolute Gasteiger partial charge is 0.192 e. The second-order valence-electron chi connectivity index (χ2n) is 7.05. The molecule has 3 nitrogen and oxygen atoms in total. The Morgan fingerprint density at radius 2 is 1.95 bits per heavy atom. The minimum Gasteiger partial charge on any atom is -0.414 e. The Bertz CT molecular complexity index is 305. The molecule has 1 aliphatic heterocycles. The molecular formula is C15H30O3Si. The first kappa shape index (κ1) is 16.9. The van der Waals surface area contributed by atoms with E-state index in [1.54, 1.807) is 0 Å². The summed E-state index contributed by atoms with van der Waals surface area (Å²) in [5.41, 5.74) is 0. The highest BCUT2D eigenvalue weighted by molar-refractivity contribution is 6.74. The number of rotatable bonds is 5. The molecule has 1 rings (SSSR count). The zero-order valence-electron chi connectivity index (χ0n) is 13.5. The van der Waals surface area contributed by atoms with Crippen LogP contribution in [0.2, 0.25) is 18.1 Å². The van der Waals surface area contributed by atoms with E-state index in [2.05, 4.69) is 39.9 Å². The average Bonchev–Trinajstić information content (AvgIpc) is 2.24. The molecule has 19 heavy (non-hydrogen) atoms. The van der Waals surface area contributed by atoms with Crippen LogP contribution < -0.4 is 0 Å². The van der Waals surface area contributed by atoms with E-state index < -0.39 is 8.32 Å². The topological polar surface area (TPSA) is 27.7 Å². The normalized spacial score (nSPS) is 25.1. The van der Waals surface area contributed by atoms with E-state index in [-0.39, 0.29) is 23.5 Å². The first-order chi connectivity index (χ1) is 8.62. The summed E-state index contributed by atoms with van der Waals surface area (Å²) in [6.45, 7) is 16.0. The third-order valence-corrected chi connectivity index (χ3v) is 8.36. The van der Waals surface area contributed by atoms with E-state index in [9.17, 15) is 0 Å². The van der Waals surface area contributed by atoms with E-state index in [0.717, 1.165) is 6.42 Å². The maximum absolute atomic E-state index is 6.21. The second kappa shape index (κ2) is 6.53. The quantitative estimate of drug-likeness (QED) is 0.562. The van der Waals surface area contributed by atoms with Crippen molar-refractivity contribution in [1.82, 2.24) is 0 Å². The van der Waals surface area contributed by atoms with Gasteiger partial charge in [0.1, 0.15) is 0 Å². The van der Waals surface area contributed by atoms with Crippen LogP contribution in [0.4, 0.5) is 0 Å². The summed E-state index contributed by atoms with van der Waals surface area (Å²) in [5.74, 6) is 0. The summed E-state index contributed by atoms with van der Waals surface area (Å²) in [5, 5.41) is 0.241. The van der Waals surface area contributed by atoms with E-state index >= 15 is 0 Å². The van der Waals surface area contributed by atoms with Gasteiger partial charge in [-0.3, -0.25) is 0 Å². The van der Waals surface area contributed by atoms with Crippen molar-refractivity contribution in [3.8, 4) is 0 Å². The Balaban J connectivity index is 2.45. The van der Waals surface area contributed by atoms with Crippen LogP contribution in [0.25, 0.3) is 0 Å². The number of ether oxygens (including phenoxy) is 2. The molecule has 0 radical (unpaired) electrons. The lowest BCUT2D eigenvalue weighted by Gasteiger charge is -2.38.